The normalized spacial score (nSPS) is 11.3. The van der Waals surface area contributed by atoms with Crippen LogP contribution in [0.1, 0.15) is 0 Å². The van der Waals surface area contributed by atoms with Crippen molar-refractivity contribution >= 4 is 23.2 Å². The molecular weight excluding hydrogens is 408 g/mol. The molecule has 23 heavy (non-hydrogen) atoms. The monoisotopic (exact) mass is 415 g/mol. The number of benzene rings is 1. The van der Waals surface area contributed by atoms with Crippen molar-refractivity contribution in [3.63, 3.8) is 0 Å². The number of halogens is 4. The molecule has 0 aliphatic carbocycles. The molecule has 5 nitrogen and oxygen atoms in total. The van der Waals surface area contributed by atoms with Gasteiger partial charge in [-0.15, -0.1) is 6.54 Å². The van der Waals surface area contributed by atoms with Crippen LogP contribution in [0.25, 0.3) is 16.9 Å². The van der Waals surface area contributed by atoms with Gasteiger partial charge in [0.05, 0.1) is 5.56 Å². The summed E-state index contributed by atoms with van der Waals surface area (Å²) in [4.78, 5) is 7.88. The van der Waals surface area contributed by atoms with Gasteiger partial charge >= 0.3 is 0 Å². The van der Waals surface area contributed by atoms with Crippen LogP contribution in [0.3, 0.4) is 0 Å². The third kappa shape index (κ3) is 3.99. The van der Waals surface area contributed by atoms with Crippen molar-refractivity contribution < 1.29 is 45.9 Å². The van der Waals surface area contributed by atoms with E-state index in [2.05, 4.69) is 20.4 Å². The van der Waals surface area contributed by atoms with Gasteiger partial charge in [0.1, 0.15) is 17.3 Å². The van der Waals surface area contributed by atoms with Crippen molar-refractivity contribution in [3.8, 4) is 11.1 Å². The summed E-state index contributed by atoms with van der Waals surface area (Å²) in [6.45, 7) is 0.00617. The summed E-state index contributed by atoms with van der Waals surface area (Å²) in [6.07, 6.45) is -3.32. The molecule has 1 N–H and O–H groups in total. The SMILES string of the molecule is FC(F)(F)[CH-]Nc1c(-c2ccccc2)c(Cl)nc2ncnn12.[Y]. The minimum absolute atomic E-state index is 0. The zero-order chi connectivity index (χ0) is 15.7. The Labute approximate surface area is 159 Å². The van der Waals surface area contributed by atoms with Gasteiger partial charge in [-0.2, -0.15) is 19.6 Å². The number of rotatable bonds is 3. The van der Waals surface area contributed by atoms with Gasteiger partial charge in [0.2, 0.25) is 0 Å². The van der Waals surface area contributed by atoms with Crippen LogP contribution >= 0.6 is 11.6 Å². The van der Waals surface area contributed by atoms with E-state index in [0.29, 0.717) is 11.1 Å². The molecule has 0 unspecified atom stereocenters. The van der Waals surface area contributed by atoms with Gasteiger partial charge < -0.3 is 5.32 Å². The van der Waals surface area contributed by atoms with Gasteiger partial charge in [0.15, 0.2) is 0 Å². The number of nitrogens with zero attached hydrogens (tertiary/aromatic N) is 4. The molecule has 2 aromatic heterocycles. The number of nitrogens with one attached hydrogen (secondary N) is 1. The first-order valence-electron chi connectivity index (χ1n) is 6.08. The molecule has 117 valence electrons. The molecule has 0 fully saturated rings. The molecule has 1 radical (unpaired) electrons. The Kier molecular flexibility index (Phi) is 5.59. The third-order valence-corrected chi connectivity index (χ3v) is 3.09. The van der Waals surface area contributed by atoms with Gasteiger partial charge in [-0.1, -0.05) is 41.9 Å². The largest absolute Gasteiger partial charge is 0.511 e. The maximum Gasteiger partial charge on any atom is 0.286 e. The molecule has 3 rings (SSSR count). The van der Waals surface area contributed by atoms with Crippen LogP contribution in [0.5, 0.6) is 0 Å². The van der Waals surface area contributed by atoms with Crippen LogP contribution in [-0.4, -0.2) is 25.8 Å². The van der Waals surface area contributed by atoms with Gasteiger partial charge in [-0.25, -0.2) is 13.2 Å². The molecular formula is C13H8ClF3N5Y-. The minimum atomic E-state index is -4.50. The maximum absolute atomic E-state index is 12.5. The molecule has 3 aromatic rings. The van der Waals surface area contributed by atoms with E-state index in [0.717, 1.165) is 4.52 Å². The van der Waals surface area contributed by atoms with Gasteiger partial charge in [-0.05, 0) is 5.56 Å². The Morgan fingerprint density at radius 2 is 1.87 bits per heavy atom. The van der Waals surface area contributed by atoms with E-state index < -0.39 is 6.18 Å². The molecule has 0 saturated carbocycles. The van der Waals surface area contributed by atoms with E-state index in [1.54, 1.807) is 30.3 Å². The molecule has 0 saturated heterocycles. The number of hydrogen-bond acceptors (Lipinski definition) is 4. The first-order valence-corrected chi connectivity index (χ1v) is 6.46. The number of fused-ring (bicyclic) bond motifs is 1. The Morgan fingerprint density at radius 3 is 2.52 bits per heavy atom. The van der Waals surface area contributed by atoms with Crippen molar-refractivity contribution in [2.24, 2.45) is 0 Å². The summed E-state index contributed by atoms with van der Waals surface area (Å²) in [5, 5.41) is 6.12. The second-order valence-corrected chi connectivity index (χ2v) is 4.65. The van der Waals surface area contributed by atoms with Gasteiger partial charge in [0, 0.05) is 32.7 Å². The summed E-state index contributed by atoms with van der Waals surface area (Å²) >= 11 is 6.12. The zero-order valence-electron chi connectivity index (χ0n) is 11.4. The van der Waals surface area contributed by atoms with Crippen LogP contribution in [-0.2, 0) is 32.7 Å². The summed E-state index contributed by atoms with van der Waals surface area (Å²) < 4.78 is 38.6. The molecule has 0 atom stereocenters. The quantitative estimate of drug-likeness (QED) is 0.525. The van der Waals surface area contributed by atoms with Crippen molar-refractivity contribution in [1.82, 2.24) is 19.6 Å². The standard InChI is InChI=1S/C13H8ClF3N5.Y/c14-10-9(8-4-2-1-3-5-8)11(18-6-13(15,16)17)22-12(21-10)19-7-20-22;/h1-7,18H;/q-1;. The predicted molar refractivity (Wildman–Crippen MR) is 75.2 cm³/mol. The second-order valence-electron chi connectivity index (χ2n) is 4.29. The number of aromatic nitrogens is 4. The van der Waals surface area contributed by atoms with E-state index in [1.807, 2.05) is 0 Å². The molecule has 1 aromatic carbocycles. The molecule has 2 heterocycles. The zero-order valence-corrected chi connectivity index (χ0v) is 15.0. The minimum Gasteiger partial charge on any atom is -0.511 e. The van der Waals surface area contributed by atoms with E-state index in [4.69, 9.17) is 11.6 Å². The Hall–Kier alpha value is -1.25. The Bertz CT molecular complexity index is 806. The van der Waals surface area contributed by atoms with Gasteiger partial charge in [-0.3, -0.25) is 0 Å². The summed E-state index contributed by atoms with van der Waals surface area (Å²) in [5.74, 6) is 0.138. The number of anilines is 1. The van der Waals surface area contributed by atoms with E-state index in [-0.39, 0.29) is 56.0 Å². The summed E-state index contributed by atoms with van der Waals surface area (Å²) in [6, 6.07) is 8.70. The van der Waals surface area contributed by atoms with Crippen LogP contribution in [0.15, 0.2) is 36.7 Å². The van der Waals surface area contributed by atoms with Crippen molar-refractivity contribution in [1.29, 1.82) is 0 Å². The Balaban J connectivity index is 0.00000192. The molecule has 0 spiro atoms. The van der Waals surface area contributed by atoms with Crippen molar-refractivity contribution in [2.75, 3.05) is 5.32 Å². The average molecular weight is 416 g/mol. The van der Waals surface area contributed by atoms with E-state index in [1.165, 1.54) is 6.33 Å². The van der Waals surface area contributed by atoms with Crippen LogP contribution in [0.2, 0.25) is 5.15 Å². The van der Waals surface area contributed by atoms with Crippen molar-refractivity contribution in [2.45, 2.75) is 6.18 Å². The fourth-order valence-electron chi connectivity index (χ4n) is 1.96. The first-order chi connectivity index (χ1) is 10.5. The third-order valence-electron chi connectivity index (χ3n) is 2.82. The average Bonchev–Trinajstić information content (AvgIpc) is 2.92. The fourth-order valence-corrected chi connectivity index (χ4v) is 2.24. The van der Waals surface area contributed by atoms with Crippen LogP contribution in [0.4, 0.5) is 19.0 Å². The number of alkyl halides is 3. The first kappa shape index (κ1) is 18.1. The summed E-state index contributed by atoms with van der Waals surface area (Å²) in [5.41, 5.74) is 0.913. The second kappa shape index (κ2) is 7.11. The predicted octanol–water partition coefficient (Wildman–Crippen LogP) is 3.58. The van der Waals surface area contributed by atoms with Gasteiger partial charge in [0.25, 0.3) is 12.0 Å². The van der Waals surface area contributed by atoms with Crippen LogP contribution < -0.4 is 5.32 Å². The molecule has 0 bridgehead atoms. The van der Waals surface area contributed by atoms with Crippen LogP contribution in [0, 0.1) is 6.54 Å². The molecule has 0 aliphatic rings. The topological polar surface area (TPSA) is 55.1 Å². The maximum atomic E-state index is 12.5. The van der Waals surface area contributed by atoms with E-state index >= 15 is 0 Å². The fraction of sp³-hybridized carbons (Fsp3) is 0.0769. The molecule has 0 aliphatic heterocycles. The summed E-state index contributed by atoms with van der Waals surface area (Å²) in [7, 11) is 0. The smallest absolute Gasteiger partial charge is 0.286 e. The number of hydrogen-bond donors (Lipinski definition) is 1. The van der Waals surface area contributed by atoms with Crippen molar-refractivity contribution in [3.05, 3.63) is 48.4 Å². The Morgan fingerprint density at radius 1 is 1.17 bits per heavy atom. The molecule has 10 heteroatoms. The molecule has 0 amide bonds. The van der Waals surface area contributed by atoms with E-state index in [9.17, 15) is 13.2 Å².